The van der Waals surface area contributed by atoms with Crippen LogP contribution in [0.15, 0.2) is 36.7 Å². The van der Waals surface area contributed by atoms with Crippen molar-refractivity contribution in [2.75, 3.05) is 18.7 Å². The number of pyridine rings is 1. The third kappa shape index (κ3) is 3.71. The van der Waals surface area contributed by atoms with Crippen LogP contribution in [0.1, 0.15) is 29.3 Å². The molecule has 0 saturated carbocycles. The molecule has 3 rings (SSSR count). The molecule has 0 fully saturated rings. The standard InChI is InChI=1S/C17H19N3O3/c1-2-5-19-14-7-13(9-18-10-14)17(21)20-8-12-3-4-15-16(6-12)23-11-22-15/h3-4,6-7,9-10,19H,2,5,8,11H2,1H3,(H,20,21). The van der Waals surface area contributed by atoms with Crippen molar-refractivity contribution in [3.05, 3.63) is 47.8 Å². The Labute approximate surface area is 134 Å². The van der Waals surface area contributed by atoms with Crippen LogP contribution in [0.3, 0.4) is 0 Å². The van der Waals surface area contributed by atoms with E-state index in [9.17, 15) is 4.79 Å². The average Bonchev–Trinajstić information content (AvgIpc) is 3.05. The van der Waals surface area contributed by atoms with Gasteiger partial charge in [-0.1, -0.05) is 13.0 Å². The third-order valence-electron chi connectivity index (χ3n) is 3.47. The van der Waals surface area contributed by atoms with Crippen molar-refractivity contribution >= 4 is 11.6 Å². The van der Waals surface area contributed by atoms with Crippen LogP contribution in [-0.4, -0.2) is 24.2 Å². The summed E-state index contributed by atoms with van der Waals surface area (Å²) in [5.74, 6) is 1.29. The first-order chi connectivity index (χ1) is 11.3. The first-order valence-electron chi connectivity index (χ1n) is 7.62. The third-order valence-corrected chi connectivity index (χ3v) is 3.47. The van der Waals surface area contributed by atoms with Crippen LogP contribution in [0.25, 0.3) is 0 Å². The van der Waals surface area contributed by atoms with Gasteiger partial charge >= 0.3 is 0 Å². The topological polar surface area (TPSA) is 72.5 Å². The first kappa shape index (κ1) is 15.1. The molecular weight excluding hydrogens is 294 g/mol. The predicted octanol–water partition coefficient (Wildman–Crippen LogP) is 2.56. The van der Waals surface area contributed by atoms with E-state index in [0.717, 1.165) is 30.0 Å². The fourth-order valence-corrected chi connectivity index (χ4v) is 2.27. The number of hydrogen-bond acceptors (Lipinski definition) is 5. The molecule has 2 aromatic rings. The number of fused-ring (bicyclic) bond motifs is 1. The van der Waals surface area contributed by atoms with Crippen LogP contribution in [0.5, 0.6) is 11.5 Å². The quantitative estimate of drug-likeness (QED) is 0.857. The second-order valence-electron chi connectivity index (χ2n) is 5.26. The largest absolute Gasteiger partial charge is 0.454 e. The molecule has 2 heterocycles. The van der Waals surface area contributed by atoms with Crippen molar-refractivity contribution in [3.8, 4) is 11.5 Å². The lowest BCUT2D eigenvalue weighted by atomic mass is 10.2. The van der Waals surface area contributed by atoms with E-state index in [2.05, 4.69) is 22.5 Å². The van der Waals surface area contributed by atoms with Gasteiger partial charge in [0.15, 0.2) is 11.5 Å². The molecule has 120 valence electrons. The van der Waals surface area contributed by atoms with Crippen molar-refractivity contribution in [3.63, 3.8) is 0 Å². The maximum atomic E-state index is 12.2. The Balaban J connectivity index is 1.61. The lowest BCUT2D eigenvalue weighted by Crippen LogP contribution is -2.23. The normalized spacial score (nSPS) is 12.0. The van der Waals surface area contributed by atoms with Gasteiger partial charge in [0.05, 0.1) is 11.3 Å². The number of ether oxygens (including phenoxy) is 2. The summed E-state index contributed by atoms with van der Waals surface area (Å²) in [7, 11) is 0. The van der Waals surface area contributed by atoms with Gasteiger partial charge in [0.2, 0.25) is 6.79 Å². The zero-order valence-corrected chi connectivity index (χ0v) is 13.0. The van der Waals surface area contributed by atoms with E-state index in [1.807, 2.05) is 18.2 Å². The number of nitrogens with zero attached hydrogens (tertiary/aromatic N) is 1. The Morgan fingerprint density at radius 2 is 2.09 bits per heavy atom. The maximum absolute atomic E-state index is 12.2. The Hall–Kier alpha value is -2.76. The van der Waals surface area contributed by atoms with Gasteiger partial charge in [0.1, 0.15) is 0 Å². The molecule has 0 spiro atoms. The van der Waals surface area contributed by atoms with E-state index in [-0.39, 0.29) is 12.7 Å². The smallest absolute Gasteiger partial charge is 0.253 e. The Morgan fingerprint density at radius 3 is 2.96 bits per heavy atom. The van der Waals surface area contributed by atoms with Crippen LogP contribution in [0, 0.1) is 0 Å². The number of aromatic nitrogens is 1. The van der Waals surface area contributed by atoms with Gasteiger partial charge in [-0.15, -0.1) is 0 Å². The number of nitrogens with one attached hydrogen (secondary N) is 2. The summed E-state index contributed by atoms with van der Waals surface area (Å²) in [6.07, 6.45) is 4.29. The molecule has 0 saturated heterocycles. The molecule has 6 heteroatoms. The minimum Gasteiger partial charge on any atom is -0.454 e. The Bertz CT molecular complexity index is 703. The van der Waals surface area contributed by atoms with E-state index in [4.69, 9.17) is 9.47 Å². The summed E-state index contributed by atoms with van der Waals surface area (Å²) in [4.78, 5) is 16.3. The molecule has 0 radical (unpaired) electrons. The average molecular weight is 313 g/mol. The fraction of sp³-hybridized carbons (Fsp3) is 0.294. The molecule has 1 amide bonds. The minimum atomic E-state index is -0.157. The Kier molecular flexibility index (Phi) is 4.61. The molecular formula is C17H19N3O3. The maximum Gasteiger partial charge on any atom is 0.253 e. The fourth-order valence-electron chi connectivity index (χ4n) is 2.27. The Morgan fingerprint density at radius 1 is 1.22 bits per heavy atom. The summed E-state index contributed by atoms with van der Waals surface area (Å²) in [5, 5.41) is 6.11. The van der Waals surface area contributed by atoms with Gasteiger partial charge in [-0.3, -0.25) is 9.78 Å². The van der Waals surface area contributed by atoms with E-state index >= 15 is 0 Å². The zero-order valence-electron chi connectivity index (χ0n) is 13.0. The number of anilines is 1. The number of carbonyl (C=O) groups is 1. The molecule has 1 aromatic heterocycles. The molecule has 1 aliphatic rings. The van der Waals surface area contributed by atoms with Crippen molar-refractivity contribution in [1.29, 1.82) is 0 Å². The second kappa shape index (κ2) is 7.00. The zero-order chi connectivity index (χ0) is 16.1. The van der Waals surface area contributed by atoms with Gasteiger partial charge < -0.3 is 20.1 Å². The molecule has 0 bridgehead atoms. The van der Waals surface area contributed by atoms with Crippen molar-refractivity contribution in [2.45, 2.75) is 19.9 Å². The highest BCUT2D eigenvalue weighted by Gasteiger charge is 2.13. The van der Waals surface area contributed by atoms with E-state index in [0.29, 0.717) is 17.9 Å². The second-order valence-corrected chi connectivity index (χ2v) is 5.26. The summed E-state index contributed by atoms with van der Waals surface area (Å²) in [6.45, 7) is 3.60. The van der Waals surface area contributed by atoms with Gasteiger partial charge in [0, 0.05) is 25.5 Å². The van der Waals surface area contributed by atoms with Crippen LogP contribution < -0.4 is 20.1 Å². The number of amides is 1. The van der Waals surface area contributed by atoms with E-state index in [1.165, 1.54) is 0 Å². The highest BCUT2D eigenvalue weighted by Crippen LogP contribution is 2.32. The van der Waals surface area contributed by atoms with Crippen molar-refractivity contribution in [1.82, 2.24) is 10.3 Å². The van der Waals surface area contributed by atoms with Gasteiger partial charge in [0.25, 0.3) is 5.91 Å². The predicted molar refractivity (Wildman–Crippen MR) is 86.8 cm³/mol. The highest BCUT2D eigenvalue weighted by atomic mass is 16.7. The lowest BCUT2D eigenvalue weighted by molar-refractivity contribution is 0.0950. The first-order valence-corrected chi connectivity index (χ1v) is 7.62. The molecule has 1 aliphatic heterocycles. The molecule has 23 heavy (non-hydrogen) atoms. The molecule has 0 atom stereocenters. The summed E-state index contributed by atoms with van der Waals surface area (Å²) < 4.78 is 10.6. The van der Waals surface area contributed by atoms with E-state index < -0.39 is 0 Å². The van der Waals surface area contributed by atoms with Crippen LogP contribution in [0.2, 0.25) is 0 Å². The van der Waals surface area contributed by atoms with Crippen LogP contribution in [0.4, 0.5) is 5.69 Å². The van der Waals surface area contributed by atoms with Crippen LogP contribution in [-0.2, 0) is 6.54 Å². The minimum absolute atomic E-state index is 0.157. The molecule has 0 aliphatic carbocycles. The SMILES string of the molecule is CCCNc1cncc(C(=O)NCc2ccc3c(c2)OCO3)c1. The molecule has 0 unspecified atom stereocenters. The van der Waals surface area contributed by atoms with E-state index in [1.54, 1.807) is 18.5 Å². The number of carbonyl (C=O) groups excluding carboxylic acids is 1. The number of rotatable bonds is 6. The number of hydrogen-bond donors (Lipinski definition) is 2. The monoisotopic (exact) mass is 313 g/mol. The van der Waals surface area contributed by atoms with Crippen LogP contribution >= 0.6 is 0 Å². The molecule has 6 nitrogen and oxygen atoms in total. The van der Waals surface area contributed by atoms with Crippen molar-refractivity contribution < 1.29 is 14.3 Å². The van der Waals surface area contributed by atoms with Gasteiger partial charge in [-0.25, -0.2) is 0 Å². The van der Waals surface area contributed by atoms with Crippen molar-refractivity contribution in [2.24, 2.45) is 0 Å². The molecule has 2 N–H and O–H groups in total. The highest BCUT2D eigenvalue weighted by molar-refractivity contribution is 5.94. The summed E-state index contributed by atoms with van der Waals surface area (Å²) in [6, 6.07) is 7.43. The lowest BCUT2D eigenvalue weighted by Gasteiger charge is -2.08. The summed E-state index contributed by atoms with van der Waals surface area (Å²) >= 11 is 0. The van der Waals surface area contributed by atoms with Gasteiger partial charge in [-0.2, -0.15) is 0 Å². The molecule has 1 aromatic carbocycles. The van der Waals surface area contributed by atoms with Gasteiger partial charge in [-0.05, 0) is 30.2 Å². The summed E-state index contributed by atoms with van der Waals surface area (Å²) in [5.41, 5.74) is 2.34. The number of benzene rings is 1.